The highest BCUT2D eigenvalue weighted by Crippen LogP contribution is 2.31. The predicted molar refractivity (Wildman–Crippen MR) is 84.3 cm³/mol. The van der Waals surface area contributed by atoms with Gasteiger partial charge in [-0.25, -0.2) is 0 Å². The number of nitrogen functional groups attached to an aromatic ring is 1. The lowest BCUT2D eigenvalue weighted by Gasteiger charge is -2.12. The Morgan fingerprint density at radius 1 is 1.19 bits per heavy atom. The molecule has 3 aromatic rings. The summed E-state index contributed by atoms with van der Waals surface area (Å²) in [5.74, 6) is 0.870. The molecule has 2 heterocycles. The van der Waals surface area contributed by atoms with Crippen molar-refractivity contribution in [3.05, 3.63) is 17.2 Å². The van der Waals surface area contributed by atoms with Gasteiger partial charge in [0.25, 0.3) is 0 Å². The Morgan fingerprint density at radius 2 is 2.00 bits per heavy atom. The van der Waals surface area contributed by atoms with Crippen LogP contribution in [0.4, 0.5) is 23.5 Å². The van der Waals surface area contributed by atoms with Crippen molar-refractivity contribution in [3.8, 4) is 0 Å². The molecule has 21 heavy (non-hydrogen) atoms. The van der Waals surface area contributed by atoms with Crippen molar-refractivity contribution in [2.75, 3.05) is 30.0 Å². The number of benzene rings is 1. The zero-order valence-corrected chi connectivity index (χ0v) is 12.8. The van der Waals surface area contributed by atoms with Gasteiger partial charge in [0.2, 0.25) is 17.8 Å². The number of nitrogens with one attached hydrogen (secondary N) is 1. The van der Waals surface area contributed by atoms with E-state index in [0.29, 0.717) is 28.1 Å². The Bertz CT molecular complexity index is 802. The fraction of sp³-hybridized carbons (Fsp3) is 0.182. The fourth-order valence-electron chi connectivity index (χ4n) is 1.69. The van der Waals surface area contributed by atoms with Crippen molar-refractivity contribution in [2.45, 2.75) is 0 Å². The molecule has 0 radical (unpaired) electrons. The van der Waals surface area contributed by atoms with Crippen LogP contribution in [-0.4, -0.2) is 37.8 Å². The van der Waals surface area contributed by atoms with Crippen LogP contribution in [0.2, 0.25) is 5.02 Å². The van der Waals surface area contributed by atoms with Crippen molar-refractivity contribution in [2.24, 2.45) is 0 Å². The summed E-state index contributed by atoms with van der Waals surface area (Å²) in [4.78, 5) is 14.1. The van der Waals surface area contributed by atoms with E-state index < -0.39 is 0 Å². The van der Waals surface area contributed by atoms with Gasteiger partial charge in [0.05, 0.1) is 22.4 Å². The number of halogens is 1. The van der Waals surface area contributed by atoms with Gasteiger partial charge in [0.15, 0.2) is 0 Å². The Morgan fingerprint density at radius 3 is 2.76 bits per heavy atom. The lowest BCUT2D eigenvalue weighted by molar-refractivity contribution is 0.970. The Hall–Kier alpha value is -2.26. The van der Waals surface area contributed by atoms with Crippen LogP contribution in [-0.2, 0) is 0 Å². The van der Waals surface area contributed by atoms with Gasteiger partial charge < -0.3 is 16.0 Å². The molecule has 0 atom stereocenters. The van der Waals surface area contributed by atoms with Crippen molar-refractivity contribution in [3.63, 3.8) is 0 Å². The van der Waals surface area contributed by atoms with Gasteiger partial charge >= 0.3 is 0 Å². The van der Waals surface area contributed by atoms with E-state index >= 15 is 0 Å². The highest BCUT2D eigenvalue weighted by molar-refractivity contribution is 7.00. The lowest BCUT2D eigenvalue weighted by Crippen LogP contribution is -2.15. The largest absolute Gasteiger partial charge is 0.368 e. The summed E-state index contributed by atoms with van der Waals surface area (Å²) in [5, 5.41) is 3.54. The van der Waals surface area contributed by atoms with Crippen LogP contribution in [0.15, 0.2) is 12.1 Å². The number of nitrogens with two attached hydrogens (primary N) is 1. The molecule has 108 valence electrons. The summed E-state index contributed by atoms with van der Waals surface area (Å²) in [6, 6.07) is 3.55. The van der Waals surface area contributed by atoms with Gasteiger partial charge in [-0.05, 0) is 12.1 Å². The highest BCUT2D eigenvalue weighted by Gasteiger charge is 2.13. The molecular weight excluding hydrogens is 312 g/mol. The van der Waals surface area contributed by atoms with Gasteiger partial charge in [0.1, 0.15) is 11.0 Å². The third kappa shape index (κ3) is 2.65. The smallest absolute Gasteiger partial charge is 0.233 e. The van der Waals surface area contributed by atoms with Gasteiger partial charge in [-0.1, -0.05) is 11.6 Å². The minimum absolute atomic E-state index is 0.121. The first kappa shape index (κ1) is 13.7. The first-order valence-electron chi connectivity index (χ1n) is 5.91. The first-order chi connectivity index (χ1) is 10.0. The standard InChI is InChI=1S/C11H11ClN8S/c1-20(2)11-16-9(13)15-10(17-11)14-7-5(12)3-4-6-8(7)19-21-18-6/h3-4H,1-2H3,(H3,13,14,15,16,17). The first-order valence-corrected chi connectivity index (χ1v) is 7.02. The van der Waals surface area contributed by atoms with E-state index in [1.54, 1.807) is 17.0 Å². The van der Waals surface area contributed by atoms with Gasteiger partial charge in [0, 0.05) is 14.1 Å². The lowest BCUT2D eigenvalue weighted by atomic mass is 10.2. The summed E-state index contributed by atoms with van der Waals surface area (Å²) in [7, 11) is 3.63. The Labute approximate surface area is 129 Å². The van der Waals surface area contributed by atoms with Crippen LogP contribution < -0.4 is 16.0 Å². The molecule has 0 bridgehead atoms. The minimum Gasteiger partial charge on any atom is -0.368 e. The summed E-state index contributed by atoms with van der Waals surface area (Å²) < 4.78 is 8.40. The van der Waals surface area contributed by atoms with E-state index in [1.807, 2.05) is 14.1 Å². The predicted octanol–water partition coefficient (Wildman–Crippen LogP) is 1.92. The molecule has 0 amide bonds. The van der Waals surface area contributed by atoms with Crippen LogP contribution in [0.3, 0.4) is 0 Å². The van der Waals surface area contributed by atoms with Gasteiger partial charge in [-0.3, -0.25) is 0 Å². The minimum atomic E-state index is 0.121. The number of nitrogens with zero attached hydrogens (tertiary/aromatic N) is 6. The summed E-state index contributed by atoms with van der Waals surface area (Å²) in [6.07, 6.45) is 0. The molecule has 10 heteroatoms. The van der Waals surface area contributed by atoms with Crippen LogP contribution >= 0.6 is 23.3 Å². The van der Waals surface area contributed by atoms with E-state index in [-0.39, 0.29) is 5.95 Å². The molecule has 3 rings (SSSR count). The molecule has 0 aliphatic rings. The Balaban J connectivity index is 2.06. The van der Waals surface area contributed by atoms with Gasteiger partial charge in [-0.15, -0.1) is 0 Å². The quantitative estimate of drug-likeness (QED) is 0.753. The second-order valence-electron chi connectivity index (χ2n) is 4.39. The number of fused-ring (bicyclic) bond motifs is 1. The zero-order chi connectivity index (χ0) is 15.0. The van der Waals surface area contributed by atoms with Crippen LogP contribution in [0.5, 0.6) is 0 Å². The third-order valence-corrected chi connectivity index (χ3v) is 3.51. The van der Waals surface area contributed by atoms with Crippen molar-refractivity contribution in [1.82, 2.24) is 23.7 Å². The van der Waals surface area contributed by atoms with Crippen molar-refractivity contribution >= 4 is 57.9 Å². The molecule has 0 saturated carbocycles. The van der Waals surface area contributed by atoms with E-state index in [2.05, 4.69) is 29.0 Å². The summed E-state index contributed by atoms with van der Waals surface area (Å²) >= 11 is 7.33. The van der Waals surface area contributed by atoms with E-state index in [0.717, 1.165) is 17.2 Å². The van der Waals surface area contributed by atoms with Crippen LogP contribution in [0.1, 0.15) is 0 Å². The molecule has 0 aliphatic carbocycles. The number of aromatic nitrogens is 5. The second kappa shape index (κ2) is 5.26. The maximum absolute atomic E-state index is 6.21. The molecule has 1 aromatic carbocycles. The molecular formula is C11H11ClN8S. The molecule has 8 nitrogen and oxygen atoms in total. The van der Waals surface area contributed by atoms with Crippen LogP contribution in [0.25, 0.3) is 11.0 Å². The fourth-order valence-corrected chi connectivity index (χ4v) is 2.44. The average Bonchev–Trinajstić information content (AvgIpc) is 2.90. The SMILES string of the molecule is CN(C)c1nc(N)nc(Nc2c(Cl)ccc3nsnc23)n1. The monoisotopic (exact) mass is 322 g/mol. The molecule has 2 aromatic heterocycles. The van der Waals surface area contributed by atoms with Crippen molar-refractivity contribution in [1.29, 1.82) is 0 Å². The van der Waals surface area contributed by atoms with Crippen LogP contribution in [0, 0.1) is 0 Å². The molecule has 0 saturated heterocycles. The second-order valence-corrected chi connectivity index (χ2v) is 5.33. The zero-order valence-electron chi connectivity index (χ0n) is 11.2. The number of rotatable bonds is 3. The maximum Gasteiger partial charge on any atom is 0.233 e. The molecule has 0 fully saturated rings. The molecule has 0 spiro atoms. The van der Waals surface area contributed by atoms with E-state index in [4.69, 9.17) is 17.3 Å². The molecule has 3 N–H and O–H groups in total. The number of hydrogen-bond acceptors (Lipinski definition) is 9. The average molecular weight is 323 g/mol. The van der Waals surface area contributed by atoms with E-state index in [9.17, 15) is 0 Å². The van der Waals surface area contributed by atoms with E-state index in [1.165, 1.54) is 0 Å². The number of anilines is 4. The Kier molecular flexibility index (Phi) is 3.43. The topological polar surface area (TPSA) is 106 Å². The number of hydrogen-bond donors (Lipinski definition) is 2. The third-order valence-electron chi connectivity index (χ3n) is 2.65. The molecule has 0 aliphatic heterocycles. The normalized spacial score (nSPS) is 10.8. The highest BCUT2D eigenvalue weighted by atomic mass is 35.5. The van der Waals surface area contributed by atoms with Gasteiger partial charge in [-0.2, -0.15) is 23.7 Å². The molecule has 0 unspecified atom stereocenters. The van der Waals surface area contributed by atoms with Crippen molar-refractivity contribution < 1.29 is 0 Å². The summed E-state index contributed by atoms with van der Waals surface area (Å²) in [6.45, 7) is 0. The maximum atomic E-state index is 6.21. The summed E-state index contributed by atoms with van der Waals surface area (Å²) in [5.41, 5.74) is 7.71.